The summed E-state index contributed by atoms with van der Waals surface area (Å²) in [6, 6.07) is 11.9. The van der Waals surface area contributed by atoms with Gasteiger partial charge in [0, 0.05) is 24.4 Å². The third kappa shape index (κ3) is 7.38. The number of ether oxygens (including phenoxy) is 2. The fourth-order valence-corrected chi connectivity index (χ4v) is 3.58. The molecule has 2 aromatic rings. The van der Waals surface area contributed by atoms with E-state index in [9.17, 15) is 13.5 Å². The first-order chi connectivity index (χ1) is 12.8. The molecule has 0 heterocycles. The van der Waals surface area contributed by atoms with Crippen LogP contribution in [0.15, 0.2) is 47.4 Å². The number of rotatable bonds is 10. The molecule has 27 heavy (non-hydrogen) atoms. The first kappa shape index (κ1) is 21.5. The van der Waals surface area contributed by atoms with E-state index in [0.29, 0.717) is 41.8 Å². The van der Waals surface area contributed by atoms with Crippen molar-refractivity contribution in [3.63, 3.8) is 0 Å². The maximum Gasteiger partial charge on any atom is 0.175 e. The summed E-state index contributed by atoms with van der Waals surface area (Å²) in [7, 11) is -3.26. The summed E-state index contributed by atoms with van der Waals surface area (Å²) in [4.78, 5) is 0.275. The first-order valence-corrected chi connectivity index (χ1v) is 10.7. The van der Waals surface area contributed by atoms with Crippen LogP contribution in [0, 0.1) is 6.92 Å². The van der Waals surface area contributed by atoms with Crippen LogP contribution in [0.3, 0.4) is 0 Å². The number of nitrogens with one attached hydrogen (secondary N) is 1. The summed E-state index contributed by atoms with van der Waals surface area (Å²) in [5.74, 6) is 1.21. The Hall–Kier alpha value is -1.80. The quantitative estimate of drug-likeness (QED) is 0.582. The van der Waals surface area contributed by atoms with Crippen molar-refractivity contribution >= 4 is 21.4 Å². The summed E-state index contributed by atoms with van der Waals surface area (Å²) in [6.07, 6.45) is 0.465. The second kappa shape index (κ2) is 9.94. The minimum atomic E-state index is -3.26. The molecule has 6 nitrogen and oxygen atoms in total. The van der Waals surface area contributed by atoms with Crippen molar-refractivity contribution in [3.8, 4) is 11.5 Å². The summed E-state index contributed by atoms with van der Waals surface area (Å²) in [5, 5.41) is 13.7. The maximum atomic E-state index is 11.6. The molecule has 0 fully saturated rings. The fraction of sp³-hybridized carbons (Fsp3) is 0.368. The average molecular weight is 414 g/mol. The second-order valence-corrected chi connectivity index (χ2v) is 8.59. The number of benzene rings is 2. The van der Waals surface area contributed by atoms with Gasteiger partial charge in [0.15, 0.2) is 9.84 Å². The molecule has 148 valence electrons. The zero-order valence-corrected chi connectivity index (χ0v) is 16.9. The Morgan fingerprint density at radius 2 is 1.89 bits per heavy atom. The second-order valence-electron chi connectivity index (χ2n) is 6.17. The van der Waals surface area contributed by atoms with Gasteiger partial charge in [-0.1, -0.05) is 17.7 Å². The molecule has 2 rings (SSSR count). The Labute approximate surface area is 165 Å². The van der Waals surface area contributed by atoms with Crippen LogP contribution in [0.1, 0.15) is 5.56 Å². The Kier molecular flexibility index (Phi) is 7.91. The smallest absolute Gasteiger partial charge is 0.175 e. The highest BCUT2D eigenvalue weighted by Gasteiger charge is 2.12. The molecule has 0 radical (unpaired) electrons. The van der Waals surface area contributed by atoms with E-state index < -0.39 is 15.9 Å². The van der Waals surface area contributed by atoms with Crippen molar-refractivity contribution in [2.45, 2.75) is 17.9 Å². The van der Waals surface area contributed by atoms with Crippen molar-refractivity contribution in [1.82, 2.24) is 5.32 Å². The number of sulfone groups is 1. The Morgan fingerprint density at radius 3 is 2.56 bits per heavy atom. The predicted octanol–water partition coefficient (Wildman–Crippen LogP) is 2.46. The monoisotopic (exact) mass is 413 g/mol. The molecule has 2 N–H and O–H groups in total. The van der Waals surface area contributed by atoms with Gasteiger partial charge in [-0.2, -0.15) is 0 Å². The van der Waals surface area contributed by atoms with E-state index in [1.807, 2.05) is 12.1 Å². The van der Waals surface area contributed by atoms with Gasteiger partial charge in [-0.05, 0) is 48.9 Å². The Bertz CT molecular complexity index is 857. The van der Waals surface area contributed by atoms with Gasteiger partial charge in [-0.25, -0.2) is 8.42 Å². The zero-order chi connectivity index (χ0) is 19.9. The lowest BCUT2D eigenvalue weighted by molar-refractivity contribution is 0.105. The van der Waals surface area contributed by atoms with Gasteiger partial charge >= 0.3 is 0 Å². The van der Waals surface area contributed by atoms with Crippen LogP contribution < -0.4 is 14.8 Å². The van der Waals surface area contributed by atoms with Crippen LogP contribution in [0.5, 0.6) is 11.5 Å². The number of halogens is 1. The van der Waals surface area contributed by atoms with Gasteiger partial charge in [0.1, 0.15) is 30.8 Å². The minimum Gasteiger partial charge on any atom is -0.492 e. The third-order valence-electron chi connectivity index (χ3n) is 3.71. The molecule has 0 saturated carbocycles. The molecule has 0 spiro atoms. The van der Waals surface area contributed by atoms with Crippen molar-refractivity contribution in [1.29, 1.82) is 0 Å². The summed E-state index contributed by atoms with van der Waals surface area (Å²) < 4.78 is 34.3. The number of hydrogen-bond acceptors (Lipinski definition) is 6. The number of aliphatic hydroxyl groups excluding tert-OH is 1. The highest BCUT2D eigenvalue weighted by atomic mass is 35.5. The molecule has 0 aromatic heterocycles. The topological polar surface area (TPSA) is 84.9 Å². The lowest BCUT2D eigenvalue weighted by Crippen LogP contribution is -2.33. The largest absolute Gasteiger partial charge is 0.492 e. The van der Waals surface area contributed by atoms with E-state index in [1.54, 1.807) is 31.2 Å². The highest BCUT2D eigenvalue weighted by molar-refractivity contribution is 7.90. The SMILES string of the molecule is Cc1cc(OCC(O)CNCCOc2cccc(Cl)c2)ccc1S(C)(=O)=O. The summed E-state index contributed by atoms with van der Waals surface area (Å²) in [5.41, 5.74) is 0.612. The van der Waals surface area contributed by atoms with E-state index in [2.05, 4.69) is 5.32 Å². The van der Waals surface area contributed by atoms with Gasteiger partial charge in [-0.3, -0.25) is 0 Å². The molecular formula is C19H24ClNO5S. The predicted molar refractivity (Wildman–Crippen MR) is 106 cm³/mol. The minimum absolute atomic E-state index is 0.0970. The molecule has 1 atom stereocenters. The third-order valence-corrected chi connectivity index (χ3v) is 5.20. The highest BCUT2D eigenvalue weighted by Crippen LogP contribution is 2.21. The molecule has 1 unspecified atom stereocenters. The standard InChI is InChI=1S/C19H24ClNO5S/c1-14-10-18(6-7-19(14)27(2,23)24)26-13-16(22)12-21-8-9-25-17-5-3-4-15(20)11-17/h3-7,10-11,16,21-22H,8-9,12-13H2,1-2H3. The molecule has 0 aliphatic rings. The molecule has 0 amide bonds. The number of hydrogen-bond donors (Lipinski definition) is 2. The molecule has 0 saturated heterocycles. The lowest BCUT2D eigenvalue weighted by atomic mass is 10.2. The van der Waals surface area contributed by atoms with Crippen LogP contribution in [0.4, 0.5) is 0 Å². The van der Waals surface area contributed by atoms with E-state index in [0.717, 1.165) is 0 Å². The van der Waals surface area contributed by atoms with Crippen LogP contribution in [0.25, 0.3) is 0 Å². The van der Waals surface area contributed by atoms with Gasteiger partial charge in [0.2, 0.25) is 0 Å². The van der Waals surface area contributed by atoms with E-state index in [4.69, 9.17) is 21.1 Å². The van der Waals surface area contributed by atoms with Crippen LogP contribution in [-0.4, -0.2) is 52.2 Å². The van der Waals surface area contributed by atoms with E-state index >= 15 is 0 Å². The van der Waals surface area contributed by atoms with Gasteiger partial charge in [-0.15, -0.1) is 0 Å². The van der Waals surface area contributed by atoms with Gasteiger partial charge < -0.3 is 19.9 Å². The molecule has 8 heteroatoms. The van der Waals surface area contributed by atoms with Crippen molar-refractivity contribution in [2.24, 2.45) is 0 Å². The molecular weight excluding hydrogens is 390 g/mol. The maximum absolute atomic E-state index is 11.6. The van der Waals surface area contributed by atoms with E-state index in [-0.39, 0.29) is 11.5 Å². The zero-order valence-electron chi connectivity index (χ0n) is 15.3. The molecule has 0 aliphatic carbocycles. The normalized spacial score (nSPS) is 12.6. The molecule has 2 aromatic carbocycles. The summed E-state index contributed by atoms with van der Waals surface area (Å²) >= 11 is 5.88. The number of aryl methyl sites for hydroxylation is 1. The molecule has 0 bridgehead atoms. The Balaban J connectivity index is 1.67. The lowest BCUT2D eigenvalue weighted by Gasteiger charge is -2.14. The average Bonchev–Trinajstić information content (AvgIpc) is 2.58. The number of aliphatic hydroxyl groups is 1. The van der Waals surface area contributed by atoms with Crippen LogP contribution >= 0.6 is 11.6 Å². The van der Waals surface area contributed by atoms with E-state index in [1.165, 1.54) is 12.3 Å². The van der Waals surface area contributed by atoms with Crippen LogP contribution in [-0.2, 0) is 9.84 Å². The van der Waals surface area contributed by atoms with Crippen molar-refractivity contribution in [3.05, 3.63) is 53.1 Å². The van der Waals surface area contributed by atoms with Crippen molar-refractivity contribution in [2.75, 3.05) is 32.6 Å². The summed E-state index contributed by atoms with van der Waals surface area (Å²) in [6.45, 7) is 3.16. The first-order valence-electron chi connectivity index (χ1n) is 8.46. The fourth-order valence-electron chi connectivity index (χ4n) is 2.45. The Morgan fingerprint density at radius 1 is 1.15 bits per heavy atom. The van der Waals surface area contributed by atoms with Gasteiger partial charge in [0.05, 0.1) is 4.90 Å². The van der Waals surface area contributed by atoms with Crippen LogP contribution in [0.2, 0.25) is 5.02 Å². The molecule has 0 aliphatic heterocycles. The van der Waals surface area contributed by atoms with Gasteiger partial charge in [0.25, 0.3) is 0 Å². The van der Waals surface area contributed by atoms with Crippen molar-refractivity contribution < 1.29 is 23.0 Å².